The Morgan fingerprint density at radius 1 is 1.29 bits per heavy atom. The molecule has 0 saturated carbocycles. The first-order chi connectivity index (χ1) is 8.11. The van der Waals surface area contributed by atoms with Crippen LogP contribution in [0, 0.1) is 5.41 Å². The van der Waals surface area contributed by atoms with Crippen LogP contribution in [-0.2, 0) is 6.42 Å². The number of rotatable bonds is 5. The zero-order valence-corrected chi connectivity index (χ0v) is 10.7. The van der Waals surface area contributed by atoms with Crippen molar-refractivity contribution in [3.63, 3.8) is 0 Å². The number of aryl methyl sites for hydroxylation is 1. The van der Waals surface area contributed by atoms with Crippen LogP contribution in [0.3, 0.4) is 0 Å². The second-order valence-electron chi connectivity index (χ2n) is 5.23. The highest BCUT2D eigenvalue weighted by Crippen LogP contribution is 2.33. The average molecular weight is 232 g/mol. The van der Waals surface area contributed by atoms with Gasteiger partial charge in [-0.1, -0.05) is 26.0 Å². The van der Waals surface area contributed by atoms with Crippen LogP contribution in [0.1, 0.15) is 32.3 Å². The number of hydrogen-bond acceptors (Lipinski definition) is 2. The molecule has 0 unspecified atom stereocenters. The van der Waals surface area contributed by atoms with Crippen molar-refractivity contribution >= 4 is 0 Å². The summed E-state index contributed by atoms with van der Waals surface area (Å²) >= 11 is 0. The van der Waals surface area contributed by atoms with Crippen LogP contribution < -0.4 is 9.47 Å². The predicted molar refractivity (Wildman–Crippen MR) is 69.5 cm³/mol. The van der Waals surface area contributed by atoms with Gasteiger partial charge in [0.2, 0.25) is 6.79 Å². The van der Waals surface area contributed by atoms with Gasteiger partial charge in [-0.25, -0.2) is 0 Å². The normalized spacial score (nSPS) is 13.8. The summed E-state index contributed by atoms with van der Waals surface area (Å²) in [6.07, 6.45) is 5.43. The highest BCUT2D eigenvalue weighted by molar-refractivity contribution is 5.44. The molecule has 2 rings (SSSR count). The van der Waals surface area contributed by atoms with Crippen LogP contribution in [0.25, 0.3) is 0 Å². The lowest BCUT2D eigenvalue weighted by Gasteiger charge is -2.19. The molecular formula is C15H20O2. The Morgan fingerprint density at radius 3 is 2.82 bits per heavy atom. The van der Waals surface area contributed by atoms with Gasteiger partial charge in [-0.15, -0.1) is 6.58 Å². The van der Waals surface area contributed by atoms with Gasteiger partial charge in [-0.3, -0.25) is 0 Å². The van der Waals surface area contributed by atoms with Gasteiger partial charge in [0, 0.05) is 0 Å². The lowest BCUT2D eigenvalue weighted by Crippen LogP contribution is -2.06. The van der Waals surface area contributed by atoms with Crippen LogP contribution in [0.15, 0.2) is 30.9 Å². The molecule has 0 radical (unpaired) electrons. The topological polar surface area (TPSA) is 18.5 Å². The molecule has 1 aliphatic rings. The quantitative estimate of drug-likeness (QED) is 0.716. The van der Waals surface area contributed by atoms with E-state index in [4.69, 9.17) is 9.47 Å². The monoisotopic (exact) mass is 232 g/mol. The molecule has 0 aliphatic carbocycles. The fourth-order valence-electron chi connectivity index (χ4n) is 1.95. The third-order valence-electron chi connectivity index (χ3n) is 3.28. The highest BCUT2D eigenvalue weighted by Gasteiger charge is 2.14. The third kappa shape index (κ3) is 3.02. The molecule has 0 aromatic heterocycles. The summed E-state index contributed by atoms with van der Waals surface area (Å²) in [5.41, 5.74) is 1.55. The molecule has 0 spiro atoms. The van der Waals surface area contributed by atoms with Gasteiger partial charge >= 0.3 is 0 Å². The van der Waals surface area contributed by atoms with Gasteiger partial charge in [0.25, 0.3) is 0 Å². The minimum absolute atomic E-state index is 0.232. The molecule has 1 aromatic rings. The van der Waals surface area contributed by atoms with Crippen molar-refractivity contribution < 1.29 is 9.47 Å². The maximum Gasteiger partial charge on any atom is 0.231 e. The largest absolute Gasteiger partial charge is 0.454 e. The van der Waals surface area contributed by atoms with Crippen molar-refractivity contribution in [2.45, 2.75) is 33.1 Å². The molecule has 0 N–H and O–H groups in total. The van der Waals surface area contributed by atoms with Gasteiger partial charge in [0.05, 0.1) is 0 Å². The zero-order valence-electron chi connectivity index (χ0n) is 10.7. The van der Waals surface area contributed by atoms with E-state index in [1.165, 1.54) is 12.0 Å². The molecule has 0 fully saturated rings. The molecule has 17 heavy (non-hydrogen) atoms. The minimum atomic E-state index is 0.232. The highest BCUT2D eigenvalue weighted by atomic mass is 16.7. The summed E-state index contributed by atoms with van der Waals surface area (Å²) in [5, 5.41) is 0. The number of allylic oxidation sites excluding steroid dienone is 1. The maximum absolute atomic E-state index is 5.37. The number of hydrogen-bond donors (Lipinski definition) is 0. The van der Waals surface area contributed by atoms with Crippen molar-refractivity contribution in [1.29, 1.82) is 0 Å². The van der Waals surface area contributed by atoms with E-state index < -0.39 is 0 Å². The van der Waals surface area contributed by atoms with E-state index in [1.807, 2.05) is 12.1 Å². The molecule has 2 heteroatoms. The molecule has 0 atom stereocenters. The number of fused-ring (bicyclic) bond motifs is 1. The maximum atomic E-state index is 5.37. The van der Waals surface area contributed by atoms with Gasteiger partial charge in [-0.2, -0.15) is 0 Å². The first kappa shape index (κ1) is 12.0. The summed E-state index contributed by atoms with van der Waals surface area (Å²) in [7, 11) is 0. The fourth-order valence-corrected chi connectivity index (χ4v) is 1.95. The Morgan fingerprint density at radius 2 is 2.06 bits per heavy atom. The molecule has 92 valence electrons. The van der Waals surface area contributed by atoms with E-state index in [9.17, 15) is 0 Å². The first-order valence-corrected chi connectivity index (χ1v) is 6.13. The smallest absolute Gasteiger partial charge is 0.231 e. The molecule has 1 aromatic carbocycles. The van der Waals surface area contributed by atoms with E-state index >= 15 is 0 Å². The Bertz CT molecular complexity index is 407. The average Bonchev–Trinajstić information content (AvgIpc) is 2.76. The standard InChI is InChI=1S/C15H20O2/c1-4-15(2,3)9-5-6-12-7-8-13-14(10-12)17-11-16-13/h4,7-8,10H,1,5-6,9,11H2,2-3H3. The first-order valence-electron chi connectivity index (χ1n) is 6.13. The molecule has 2 nitrogen and oxygen atoms in total. The Hall–Kier alpha value is -1.44. The number of ether oxygens (including phenoxy) is 2. The van der Waals surface area contributed by atoms with Gasteiger partial charge < -0.3 is 9.47 Å². The van der Waals surface area contributed by atoms with Crippen LogP contribution in [0.4, 0.5) is 0 Å². The number of benzene rings is 1. The third-order valence-corrected chi connectivity index (χ3v) is 3.28. The predicted octanol–water partition coefficient (Wildman–Crippen LogP) is 3.95. The summed E-state index contributed by atoms with van der Waals surface area (Å²) in [4.78, 5) is 0. The molecule has 1 heterocycles. The minimum Gasteiger partial charge on any atom is -0.454 e. The fraction of sp³-hybridized carbons (Fsp3) is 0.467. The van der Waals surface area contributed by atoms with E-state index in [-0.39, 0.29) is 5.41 Å². The van der Waals surface area contributed by atoms with Crippen LogP contribution >= 0.6 is 0 Å². The van der Waals surface area contributed by atoms with Crippen LogP contribution in [0.5, 0.6) is 11.5 Å². The Balaban J connectivity index is 1.90. The summed E-state index contributed by atoms with van der Waals surface area (Å²) in [6, 6.07) is 6.20. The summed E-state index contributed by atoms with van der Waals surface area (Å²) in [6.45, 7) is 8.66. The van der Waals surface area contributed by atoms with Crippen molar-refractivity contribution in [2.75, 3.05) is 6.79 Å². The lowest BCUT2D eigenvalue weighted by atomic mass is 9.87. The van der Waals surface area contributed by atoms with Crippen molar-refractivity contribution in [2.24, 2.45) is 5.41 Å². The van der Waals surface area contributed by atoms with Crippen molar-refractivity contribution in [1.82, 2.24) is 0 Å². The second kappa shape index (κ2) is 4.82. The van der Waals surface area contributed by atoms with Crippen LogP contribution in [0.2, 0.25) is 0 Å². The van der Waals surface area contributed by atoms with E-state index in [0.717, 1.165) is 24.3 Å². The van der Waals surface area contributed by atoms with Crippen molar-refractivity contribution in [3.05, 3.63) is 36.4 Å². The van der Waals surface area contributed by atoms with E-state index in [2.05, 4.69) is 32.6 Å². The molecule has 0 amide bonds. The van der Waals surface area contributed by atoms with Gasteiger partial charge in [-0.05, 0) is 42.4 Å². The summed E-state index contributed by atoms with van der Waals surface area (Å²) < 4.78 is 10.7. The van der Waals surface area contributed by atoms with Gasteiger partial charge in [0.1, 0.15) is 0 Å². The molecule has 0 bridgehead atoms. The lowest BCUT2D eigenvalue weighted by molar-refractivity contribution is 0.174. The van der Waals surface area contributed by atoms with Crippen LogP contribution in [-0.4, -0.2) is 6.79 Å². The molecule has 1 aliphatic heterocycles. The van der Waals surface area contributed by atoms with Gasteiger partial charge in [0.15, 0.2) is 11.5 Å². The molecular weight excluding hydrogens is 212 g/mol. The SMILES string of the molecule is C=CC(C)(C)CCCc1ccc2c(c1)OCO2. The summed E-state index contributed by atoms with van der Waals surface area (Å²) in [5.74, 6) is 1.74. The Labute approximate surface area is 103 Å². The van der Waals surface area contributed by atoms with E-state index in [1.54, 1.807) is 0 Å². The molecule has 0 saturated heterocycles. The van der Waals surface area contributed by atoms with E-state index in [0.29, 0.717) is 6.79 Å². The second-order valence-corrected chi connectivity index (χ2v) is 5.23. The van der Waals surface area contributed by atoms with Crippen molar-refractivity contribution in [3.8, 4) is 11.5 Å². The Kier molecular flexibility index (Phi) is 3.41. The zero-order chi connectivity index (χ0) is 12.3.